The van der Waals surface area contributed by atoms with Crippen LogP contribution in [0.2, 0.25) is 0 Å². The molecule has 0 unspecified atom stereocenters. The van der Waals surface area contributed by atoms with Crippen LogP contribution in [0.4, 0.5) is 0 Å². The Morgan fingerprint density at radius 3 is 2.27 bits per heavy atom. The maximum Gasteiger partial charge on any atom is 0.246 e. The Labute approximate surface area is 279 Å². The van der Waals surface area contributed by atoms with E-state index in [1.54, 1.807) is 19.1 Å². The van der Waals surface area contributed by atoms with Gasteiger partial charge in [0.1, 0.15) is 36.3 Å². The van der Waals surface area contributed by atoms with Crippen LogP contribution in [-0.4, -0.2) is 107 Å². The van der Waals surface area contributed by atoms with Crippen LogP contribution < -0.4 is 31.9 Å². The van der Waals surface area contributed by atoms with Crippen LogP contribution >= 0.6 is 0 Å². The molecule has 7 amide bonds. The second kappa shape index (κ2) is 17.0. The molecule has 3 fully saturated rings. The third-order valence-corrected chi connectivity index (χ3v) is 9.00. The van der Waals surface area contributed by atoms with Gasteiger partial charge in [0.25, 0.3) is 0 Å². The van der Waals surface area contributed by atoms with Gasteiger partial charge in [-0.1, -0.05) is 37.3 Å². The molecule has 0 radical (unpaired) electrons. The zero-order valence-electron chi connectivity index (χ0n) is 27.5. The average molecular weight is 670 g/mol. The van der Waals surface area contributed by atoms with E-state index in [-0.39, 0.29) is 44.0 Å². The van der Waals surface area contributed by atoms with E-state index in [9.17, 15) is 38.7 Å². The molecule has 0 aliphatic carbocycles. The molecular weight excluding hydrogens is 622 g/mol. The quantitative estimate of drug-likeness (QED) is 0.189. The molecule has 3 saturated heterocycles. The van der Waals surface area contributed by atoms with Gasteiger partial charge in [-0.15, -0.1) is 0 Å². The van der Waals surface area contributed by atoms with Crippen molar-refractivity contribution >= 4 is 41.4 Å². The van der Waals surface area contributed by atoms with Gasteiger partial charge >= 0.3 is 0 Å². The minimum Gasteiger partial charge on any atom is -0.391 e. The Kier molecular flexibility index (Phi) is 12.9. The topological polar surface area (TPSA) is 215 Å². The first-order valence-electron chi connectivity index (χ1n) is 16.8. The Balaban J connectivity index is 1.59. The van der Waals surface area contributed by atoms with E-state index in [4.69, 9.17) is 0 Å². The van der Waals surface area contributed by atoms with Crippen molar-refractivity contribution in [1.29, 1.82) is 0 Å². The number of fused-ring (bicyclic) bond motifs is 1. The molecule has 0 bridgehead atoms. The fourth-order valence-corrected chi connectivity index (χ4v) is 6.25. The molecule has 15 heteroatoms. The van der Waals surface area contributed by atoms with Crippen LogP contribution in [0, 0.1) is 0 Å². The summed E-state index contributed by atoms with van der Waals surface area (Å²) in [4.78, 5) is 93.7. The molecule has 1 aromatic carbocycles. The number of carbonyl (C=O) groups excluding carboxylic acids is 7. The minimum absolute atomic E-state index is 0.113. The summed E-state index contributed by atoms with van der Waals surface area (Å²) in [6, 6.07) is 2.79. The number of nitrogens with zero attached hydrogens (tertiary/aromatic N) is 1. The molecule has 7 atom stereocenters. The van der Waals surface area contributed by atoms with Crippen LogP contribution in [0.3, 0.4) is 0 Å². The SMILES string of the molecule is CC[C@@H]1NC(=O)[C@@H](NC(=O)[C@@H]2CCC(=O)N2)CCCCNC(=O)[C@@H]2CCCN2C(=O)[C@@H](Cc2ccccc2)NC(=O)[C@H]([C@@H](C)O)NC1=O. The van der Waals surface area contributed by atoms with Gasteiger partial charge in [0, 0.05) is 25.9 Å². The first kappa shape index (κ1) is 36.3. The molecule has 0 saturated carbocycles. The second-order valence-electron chi connectivity index (χ2n) is 12.6. The summed E-state index contributed by atoms with van der Waals surface area (Å²) in [6.07, 6.45) is 1.47. The number of aliphatic hydroxyl groups excluding tert-OH is 1. The average Bonchev–Trinajstić information content (AvgIpc) is 3.74. The van der Waals surface area contributed by atoms with E-state index in [2.05, 4.69) is 31.9 Å². The molecule has 15 nitrogen and oxygen atoms in total. The van der Waals surface area contributed by atoms with Crippen molar-refractivity contribution in [3.05, 3.63) is 35.9 Å². The number of carbonyl (C=O) groups is 7. The van der Waals surface area contributed by atoms with E-state index in [0.29, 0.717) is 38.6 Å². The molecule has 3 aliphatic heterocycles. The van der Waals surface area contributed by atoms with E-state index >= 15 is 0 Å². The maximum absolute atomic E-state index is 14.0. The molecule has 48 heavy (non-hydrogen) atoms. The highest BCUT2D eigenvalue weighted by Crippen LogP contribution is 2.20. The van der Waals surface area contributed by atoms with Gasteiger partial charge in [0.05, 0.1) is 6.10 Å². The van der Waals surface area contributed by atoms with E-state index in [1.807, 2.05) is 18.2 Å². The lowest BCUT2D eigenvalue weighted by Gasteiger charge is -2.30. The Morgan fingerprint density at radius 1 is 0.875 bits per heavy atom. The van der Waals surface area contributed by atoms with Crippen molar-refractivity contribution in [2.24, 2.45) is 0 Å². The van der Waals surface area contributed by atoms with E-state index in [0.717, 1.165) is 5.56 Å². The van der Waals surface area contributed by atoms with Gasteiger partial charge in [-0.2, -0.15) is 0 Å². The summed E-state index contributed by atoms with van der Waals surface area (Å²) in [5.41, 5.74) is 0.762. The van der Waals surface area contributed by atoms with Crippen molar-refractivity contribution in [1.82, 2.24) is 36.8 Å². The molecule has 0 spiro atoms. The molecular formula is C33H47N7O8. The van der Waals surface area contributed by atoms with E-state index in [1.165, 1.54) is 11.8 Å². The fourth-order valence-electron chi connectivity index (χ4n) is 6.25. The monoisotopic (exact) mass is 669 g/mol. The second-order valence-corrected chi connectivity index (χ2v) is 12.6. The number of nitrogens with one attached hydrogen (secondary N) is 6. The number of amides is 7. The standard InChI is InChI=1S/C33H47N7O8/c1-3-21-28(43)39-27(19(2)41)32(47)38-24(18-20-10-5-4-6-11-20)33(48)40-17-9-13-25(40)31(46)34-16-8-7-12-22(29(44)36-21)37-30(45)23-14-15-26(42)35-23/h4-6,10-11,19,21-25,27,41H,3,7-9,12-18H2,1-2H3,(H,34,46)(H,35,42)(H,36,44)(H,37,45)(H,38,47)(H,39,43)/t19-,21+,22+,23+,24-,25+,27+/m1/s1. The van der Waals surface area contributed by atoms with Gasteiger partial charge in [0.2, 0.25) is 41.4 Å². The van der Waals surface area contributed by atoms with Gasteiger partial charge in [0.15, 0.2) is 0 Å². The highest BCUT2D eigenvalue weighted by molar-refractivity contribution is 5.97. The summed E-state index contributed by atoms with van der Waals surface area (Å²) >= 11 is 0. The van der Waals surface area contributed by atoms with Crippen LogP contribution in [0.15, 0.2) is 30.3 Å². The highest BCUT2D eigenvalue weighted by atomic mass is 16.3. The summed E-state index contributed by atoms with van der Waals surface area (Å²) in [5, 5.41) is 26.6. The lowest BCUT2D eigenvalue weighted by Crippen LogP contribution is -2.61. The molecule has 1 aromatic rings. The number of hydrogen-bond donors (Lipinski definition) is 7. The lowest BCUT2D eigenvalue weighted by molar-refractivity contribution is -0.142. The fraction of sp³-hybridized carbons (Fsp3) is 0.606. The van der Waals surface area contributed by atoms with E-state index < -0.39 is 71.9 Å². The minimum atomic E-state index is -1.48. The number of rotatable bonds is 6. The molecule has 262 valence electrons. The van der Waals surface area contributed by atoms with Crippen LogP contribution in [0.5, 0.6) is 0 Å². The zero-order valence-corrected chi connectivity index (χ0v) is 27.5. The third-order valence-electron chi connectivity index (χ3n) is 9.00. The maximum atomic E-state index is 14.0. The summed E-state index contributed by atoms with van der Waals surface area (Å²) < 4.78 is 0. The first-order chi connectivity index (χ1) is 23.0. The van der Waals surface area contributed by atoms with Gasteiger partial charge in [-0.3, -0.25) is 33.6 Å². The van der Waals surface area contributed by atoms with Crippen molar-refractivity contribution in [3.63, 3.8) is 0 Å². The summed E-state index contributed by atoms with van der Waals surface area (Å²) in [7, 11) is 0. The highest BCUT2D eigenvalue weighted by Gasteiger charge is 2.39. The number of hydrogen-bond acceptors (Lipinski definition) is 8. The normalized spacial score (nSPS) is 28.8. The smallest absolute Gasteiger partial charge is 0.246 e. The largest absolute Gasteiger partial charge is 0.391 e. The molecule has 4 rings (SSSR count). The predicted octanol–water partition coefficient (Wildman–Crippen LogP) is -1.47. The van der Waals surface area contributed by atoms with Gasteiger partial charge in [-0.25, -0.2) is 0 Å². The number of aliphatic hydroxyl groups is 1. The zero-order chi connectivity index (χ0) is 34.8. The van der Waals surface area contributed by atoms with Gasteiger partial charge < -0.3 is 41.9 Å². The van der Waals surface area contributed by atoms with Crippen molar-refractivity contribution < 1.29 is 38.7 Å². The Bertz CT molecular complexity index is 1360. The molecule has 0 aromatic heterocycles. The van der Waals surface area contributed by atoms with Crippen LogP contribution in [0.25, 0.3) is 0 Å². The van der Waals surface area contributed by atoms with Crippen molar-refractivity contribution in [3.8, 4) is 0 Å². The molecule has 3 heterocycles. The molecule has 7 N–H and O–H groups in total. The summed E-state index contributed by atoms with van der Waals surface area (Å²) in [6.45, 7) is 3.56. The lowest BCUT2D eigenvalue weighted by atomic mass is 10.0. The predicted molar refractivity (Wildman–Crippen MR) is 173 cm³/mol. The van der Waals surface area contributed by atoms with Gasteiger partial charge in [-0.05, 0) is 57.4 Å². The van der Waals surface area contributed by atoms with Crippen molar-refractivity contribution in [2.75, 3.05) is 13.1 Å². The third kappa shape index (κ3) is 9.52. The number of benzene rings is 1. The molecule has 3 aliphatic rings. The van der Waals surface area contributed by atoms with Crippen LogP contribution in [0.1, 0.15) is 70.8 Å². The van der Waals surface area contributed by atoms with Crippen molar-refractivity contribution in [2.45, 2.75) is 114 Å². The first-order valence-corrected chi connectivity index (χ1v) is 16.8. The van der Waals surface area contributed by atoms with Crippen LogP contribution in [-0.2, 0) is 40.0 Å². The Morgan fingerprint density at radius 2 is 1.60 bits per heavy atom. The Hall–Kier alpha value is -4.53. The summed E-state index contributed by atoms with van der Waals surface area (Å²) in [5.74, 6) is -3.74.